The van der Waals surface area contributed by atoms with Gasteiger partial charge in [-0.2, -0.15) is 0 Å². The summed E-state index contributed by atoms with van der Waals surface area (Å²) in [6.07, 6.45) is 7.45. The highest BCUT2D eigenvalue weighted by atomic mass is 16.5. The van der Waals surface area contributed by atoms with Crippen LogP contribution in [0.4, 0.5) is 0 Å². The summed E-state index contributed by atoms with van der Waals surface area (Å²) < 4.78 is 10.9. The lowest BCUT2D eigenvalue weighted by atomic mass is 9.96. The Kier molecular flexibility index (Phi) is 6.00. The standard InChI is InChI=1S/C20H30N4O3/c1-15-17(20(25)23-8-12-27-13-9-23)14-21-19(22-15)18-4-2-3-7-24(18)16-5-10-26-11-6-16/h14,16,18H,2-13H2,1H3/t18-/m1/s1. The first-order valence-corrected chi connectivity index (χ1v) is 10.3. The van der Waals surface area contributed by atoms with Crippen LogP contribution in [0.1, 0.15) is 60.0 Å². The van der Waals surface area contributed by atoms with Crippen molar-refractivity contribution in [2.24, 2.45) is 0 Å². The average molecular weight is 374 g/mol. The second-order valence-electron chi connectivity index (χ2n) is 7.72. The van der Waals surface area contributed by atoms with E-state index in [4.69, 9.17) is 14.5 Å². The molecule has 0 N–H and O–H groups in total. The summed E-state index contributed by atoms with van der Waals surface area (Å²) in [4.78, 5) is 26.7. The zero-order chi connectivity index (χ0) is 18.6. The van der Waals surface area contributed by atoms with Crippen molar-refractivity contribution in [3.63, 3.8) is 0 Å². The molecule has 0 unspecified atom stereocenters. The summed E-state index contributed by atoms with van der Waals surface area (Å²) in [7, 11) is 0. The van der Waals surface area contributed by atoms with E-state index < -0.39 is 0 Å². The van der Waals surface area contributed by atoms with Gasteiger partial charge in [-0.05, 0) is 39.2 Å². The molecule has 4 rings (SSSR count). The zero-order valence-electron chi connectivity index (χ0n) is 16.2. The summed E-state index contributed by atoms with van der Waals surface area (Å²) >= 11 is 0. The number of amides is 1. The number of carbonyl (C=O) groups excluding carboxylic acids is 1. The van der Waals surface area contributed by atoms with Gasteiger partial charge in [0.1, 0.15) is 5.82 Å². The van der Waals surface area contributed by atoms with E-state index in [0.29, 0.717) is 37.9 Å². The van der Waals surface area contributed by atoms with Crippen LogP contribution in [0.15, 0.2) is 6.20 Å². The van der Waals surface area contributed by atoms with E-state index in [1.54, 1.807) is 6.20 Å². The van der Waals surface area contributed by atoms with Crippen molar-refractivity contribution in [3.8, 4) is 0 Å². The number of morpholine rings is 1. The lowest BCUT2D eigenvalue weighted by Crippen LogP contribution is -2.45. The van der Waals surface area contributed by atoms with Gasteiger partial charge in [0.05, 0.1) is 30.5 Å². The van der Waals surface area contributed by atoms with Gasteiger partial charge in [0, 0.05) is 38.5 Å². The normalized spacial score (nSPS) is 25.5. The number of aryl methyl sites for hydroxylation is 1. The van der Waals surface area contributed by atoms with Crippen LogP contribution in [0.5, 0.6) is 0 Å². The fourth-order valence-corrected chi connectivity index (χ4v) is 4.48. The largest absolute Gasteiger partial charge is 0.381 e. The molecule has 1 amide bonds. The molecule has 1 atom stereocenters. The smallest absolute Gasteiger partial charge is 0.257 e. The van der Waals surface area contributed by atoms with Gasteiger partial charge in [-0.3, -0.25) is 9.69 Å². The summed E-state index contributed by atoms with van der Waals surface area (Å²) in [5.74, 6) is 0.893. The first-order valence-electron chi connectivity index (χ1n) is 10.3. The summed E-state index contributed by atoms with van der Waals surface area (Å²) in [6.45, 7) is 7.21. The van der Waals surface area contributed by atoms with E-state index in [1.807, 2.05) is 11.8 Å². The van der Waals surface area contributed by atoms with Crippen LogP contribution in [0, 0.1) is 6.92 Å². The second-order valence-corrected chi connectivity index (χ2v) is 7.72. The van der Waals surface area contributed by atoms with E-state index in [9.17, 15) is 4.79 Å². The van der Waals surface area contributed by atoms with Crippen molar-refractivity contribution in [2.75, 3.05) is 46.1 Å². The fourth-order valence-electron chi connectivity index (χ4n) is 4.48. The lowest BCUT2D eigenvalue weighted by molar-refractivity contribution is 0.00205. The topological polar surface area (TPSA) is 67.8 Å². The van der Waals surface area contributed by atoms with Gasteiger partial charge in [0.25, 0.3) is 5.91 Å². The van der Waals surface area contributed by atoms with Gasteiger partial charge in [-0.1, -0.05) is 6.42 Å². The maximum Gasteiger partial charge on any atom is 0.257 e. The highest BCUT2D eigenvalue weighted by molar-refractivity contribution is 5.95. The van der Waals surface area contributed by atoms with Gasteiger partial charge in [0.15, 0.2) is 0 Å². The Morgan fingerprint density at radius 2 is 1.78 bits per heavy atom. The minimum atomic E-state index is 0.0206. The van der Waals surface area contributed by atoms with Crippen LogP contribution in [0.3, 0.4) is 0 Å². The highest BCUT2D eigenvalue weighted by Crippen LogP contribution is 2.33. The van der Waals surface area contributed by atoms with E-state index in [-0.39, 0.29) is 11.9 Å². The van der Waals surface area contributed by atoms with Gasteiger partial charge in [-0.25, -0.2) is 9.97 Å². The van der Waals surface area contributed by atoms with E-state index in [2.05, 4.69) is 9.88 Å². The van der Waals surface area contributed by atoms with Crippen LogP contribution in [-0.2, 0) is 9.47 Å². The molecule has 0 radical (unpaired) electrons. The molecule has 0 saturated carbocycles. The molecule has 7 nitrogen and oxygen atoms in total. The Morgan fingerprint density at radius 1 is 1.04 bits per heavy atom. The van der Waals surface area contributed by atoms with Crippen molar-refractivity contribution >= 4 is 5.91 Å². The quantitative estimate of drug-likeness (QED) is 0.806. The van der Waals surface area contributed by atoms with Crippen LogP contribution >= 0.6 is 0 Å². The molecule has 3 fully saturated rings. The Labute approximate surface area is 161 Å². The van der Waals surface area contributed by atoms with Crippen LogP contribution in [0.2, 0.25) is 0 Å². The Hall–Kier alpha value is -1.57. The third kappa shape index (κ3) is 4.15. The van der Waals surface area contributed by atoms with Gasteiger partial charge in [-0.15, -0.1) is 0 Å². The monoisotopic (exact) mass is 374 g/mol. The number of rotatable bonds is 3. The lowest BCUT2D eigenvalue weighted by Gasteiger charge is -2.42. The molecular formula is C20H30N4O3. The number of piperidine rings is 1. The zero-order valence-corrected chi connectivity index (χ0v) is 16.2. The molecule has 3 aliphatic heterocycles. The summed E-state index contributed by atoms with van der Waals surface area (Å²) in [5.41, 5.74) is 1.41. The SMILES string of the molecule is Cc1nc([C@H]2CCCCN2C2CCOCC2)ncc1C(=O)N1CCOCC1. The molecule has 1 aromatic heterocycles. The van der Waals surface area contributed by atoms with Crippen molar-refractivity contribution in [1.82, 2.24) is 19.8 Å². The Morgan fingerprint density at radius 3 is 2.52 bits per heavy atom. The number of carbonyl (C=O) groups is 1. The van der Waals surface area contributed by atoms with Crippen LogP contribution < -0.4 is 0 Å². The molecule has 3 saturated heterocycles. The fraction of sp³-hybridized carbons (Fsp3) is 0.750. The first-order chi connectivity index (χ1) is 13.2. The number of hydrogen-bond donors (Lipinski definition) is 0. The number of nitrogens with zero attached hydrogens (tertiary/aromatic N) is 4. The predicted molar refractivity (Wildman–Crippen MR) is 101 cm³/mol. The minimum absolute atomic E-state index is 0.0206. The van der Waals surface area contributed by atoms with Crippen molar-refractivity contribution in [1.29, 1.82) is 0 Å². The molecule has 3 aliphatic rings. The maximum atomic E-state index is 12.8. The summed E-state index contributed by atoms with van der Waals surface area (Å²) in [6, 6.07) is 0.815. The van der Waals surface area contributed by atoms with Crippen molar-refractivity contribution < 1.29 is 14.3 Å². The van der Waals surface area contributed by atoms with Gasteiger partial charge in [0.2, 0.25) is 0 Å². The number of aromatic nitrogens is 2. The van der Waals surface area contributed by atoms with E-state index in [1.165, 1.54) is 12.8 Å². The minimum Gasteiger partial charge on any atom is -0.381 e. The Bertz CT molecular complexity index is 657. The molecule has 0 aliphatic carbocycles. The van der Waals surface area contributed by atoms with Crippen molar-refractivity contribution in [2.45, 2.75) is 51.1 Å². The molecule has 1 aromatic rings. The molecule has 0 aromatic carbocycles. The van der Waals surface area contributed by atoms with Crippen LogP contribution in [0.25, 0.3) is 0 Å². The predicted octanol–water partition coefficient (Wildman–Crippen LogP) is 1.96. The molecular weight excluding hydrogens is 344 g/mol. The molecule has 27 heavy (non-hydrogen) atoms. The summed E-state index contributed by atoms with van der Waals surface area (Å²) in [5, 5.41) is 0. The van der Waals surface area contributed by atoms with E-state index in [0.717, 1.165) is 50.5 Å². The number of hydrogen-bond acceptors (Lipinski definition) is 6. The highest BCUT2D eigenvalue weighted by Gasteiger charge is 2.33. The van der Waals surface area contributed by atoms with Crippen molar-refractivity contribution in [3.05, 3.63) is 23.3 Å². The molecule has 4 heterocycles. The Balaban J connectivity index is 1.52. The van der Waals surface area contributed by atoms with E-state index >= 15 is 0 Å². The molecule has 0 bridgehead atoms. The third-order valence-corrected chi connectivity index (χ3v) is 6.03. The molecule has 7 heteroatoms. The maximum absolute atomic E-state index is 12.8. The van der Waals surface area contributed by atoms with Gasteiger partial charge < -0.3 is 14.4 Å². The average Bonchev–Trinajstić information content (AvgIpc) is 2.74. The van der Waals surface area contributed by atoms with Crippen LogP contribution in [-0.4, -0.2) is 77.8 Å². The molecule has 0 spiro atoms. The molecule has 148 valence electrons. The number of ether oxygens (including phenoxy) is 2. The number of likely N-dealkylation sites (tertiary alicyclic amines) is 1. The second kappa shape index (κ2) is 8.63. The third-order valence-electron chi connectivity index (χ3n) is 6.03. The first kappa shape index (κ1) is 18.8. The van der Waals surface area contributed by atoms with Gasteiger partial charge >= 0.3 is 0 Å².